The normalized spacial score (nSPS) is 24.9. The van der Waals surface area contributed by atoms with Crippen LogP contribution >= 0.6 is 0 Å². The van der Waals surface area contributed by atoms with Crippen LogP contribution < -0.4 is 5.43 Å². The van der Waals surface area contributed by atoms with Crippen LogP contribution in [-0.2, 0) is 0 Å². The van der Waals surface area contributed by atoms with E-state index < -0.39 is 0 Å². The molecule has 0 amide bonds. The van der Waals surface area contributed by atoms with Crippen LogP contribution in [0.25, 0.3) is 0 Å². The molecular weight excluding hydrogens is 136 g/mol. The molecule has 0 atom stereocenters. The van der Waals surface area contributed by atoms with Crippen molar-refractivity contribution < 1.29 is 0 Å². The molecule has 2 nitrogen and oxygen atoms in total. The monoisotopic (exact) mass is 152 g/mol. The third-order valence-electron chi connectivity index (χ3n) is 2.41. The van der Waals surface area contributed by atoms with Crippen molar-refractivity contribution in [1.29, 1.82) is 0 Å². The van der Waals surface area contributed by atoms with Gasteiger partial charge in [0.15, 0.2) is 0 Å². The molecule has 1 N–H and O–H groups in total. The molecule has 0 bridgehead atoms. The average Bonchev–Trinajstić information content (AvgIpc) is 2.86. The summed E-state index contributed by atoms with van der Waals surface area (Å²) in [4.78, 5) is 0. The van der Waals surface area contributed by atoms with E-state index in [0.717, 1.165) is 6.04 Å². The molecule has 2 fully saturated rings. The second kappa shape index (κ2) is 3.24. The Morgan fingerprint density at radius 3 is 2.45 bits per heavy atom. The summed E-state index contributed by atoms with van der Waals surface area (Å²) in [7, 11) is 0. The number of hydrogen-bond acceptors (Lipinski definition) is 2. The lowest BCUT2D eigenvalue weighted by Gasteiger charge is -2.11. The molecule has 0 unspecified atom stereocenters. The maximum absolute atomic E-state index is 4.41. The number of nitrogens with one attached hydrogen (secondary N) is 1. The zero-order valence-electron chi connectivity index (χ0n) is 6.97. The Morgan fingerprint density at radius 2 is 1.82 bits per heavy atom. The highest BCUT2D eigenvalue weighted by Gasteiger charge is 2.20. The Balaban J connectivity index is 1.75. The van der Waals surface area contributed by atoms with Crippen molar-refractivity contribution in [2.75, 3.05) is 0 Å². The van der Waals surface area contributed by atoms with Crippen LogP contribution in [0.15, 0.2) is 5.10 Å². The summed E-state index contributed by atoms with van der Waals surface area (Å²) >= 11 is 0. The second-order valence-electron chi connectivity index (χ2n) is 3.64. The van der Waals surface area contributed by atoms with Crippen molar-refractivity contribution >= 4 is 5.71 Å². The third kappa shape index (κ3) is 2.21. The fraction of sp³-hybridized carbons (Fsp3) is 0.889. The molecule has 0 spiro atoms. The average molecular weight is 152 g/mol. The summed E-state index contributed by atoms with van der Waals surface area (Å²) in [6.07, 6.45) is 9.24. The summed E-state index contributed by atoms with van der Waals surface area (Å²) in [5.74, 6) is 0. The Bertz CT molecular complexity index is 151. The fourth-order valence-electron chi connectivity index (χ4n) is 1.47. The molecule has 2 heteroatoms. The van der Waals surface area contributed by atoms with E-state index in [2.05, 4.69) is 10.5 Å². The van der Waals surface area contributed by atoms with Gasteiger partial charge in [-0.15, -0.1) is 0 Å². The SMILES string of the molecule is C1CCC(=NNC2CC2)CC1. The third-order valence-corrected chi connectivity index (χ3v) is 2.41. The van der Waals surface area contributed by atoms with E-state index in [0.29, 0.717) is 0 Å². The van der Waals surface area contributed by atoms with Crippen LogP contribution in [0.5, 0.6) is 0 Å². The van der Waals surface area contributed by atoms with Gasteiger partial charge in [0.25, 0.3) is 0 Å². The summed E-state index contributed by atoms with van der Waals surface area (Å²) in [5.41, 5.74) is 4.62. The van der Waals surface area contributed by atoms with Gasteiger partial charge in [0, 0.05) is 11.8 Å². The number of hydrogen-bond donors (Lipinski definition) is 1. The minimum Gasteiger partial charge on any atom is -0.307 e. The quantitative estimate of drug-likeness (QED) is 0.602. The molecule has 0 aliphatic heterocycles. The first-order valence-corrected chi connectivity index (χ1v) is 4.76. The topological polar surface area (TPSA) is 24.4 Å². The van der Waals surface area contributed by atoms with E-state index in [9.17, 15) is 0 Å². The van der Waals surface area contributed by atoms with E-state index in [1.54, 1.807) is 0 Å². The molecule has 11 heavy (non-hydrogen) atoms. The second-order valence-corrected chi connectivity index (χ2v) is 3.64. The largest absolute Gasteiger partial charge is 0.307 e. The highest BCUT2D eigenvalue weighted by molar-refractivity contribution is 5.84. The molecular formula is C9H16N2. The molecule has 2 rings (SSSR count). The predicted molar refractivity (Wildman–Crippen MR) is 46.7 cm³/mol. The Kier molecular flexibility index (Phi) is 2.11. The van der Waals surface area contributed by atoms with Gasteiger partial charge in [-0.05, 0) is 38.5 Å². The van der Waals surface area contributed by atoms with Gasteiger partial charge in [-0.1, -0.05) is 6.42 Å². The van der Waals surface area contributed by atoms with Crippen molar-refractivity contribution in [3.05, 3.63) is 0 Å². The van der Waals surface area contributed by atoms with Crippen LogP contribution in [-0.4, -0.2) is 11.8 Å². The van der Waals surface area contributed by atoms with Crippen molar-refractivity contribution in [3.8, 4) is 0 Å². The molecule has 62 valence electrons. The first-order valence-electron chi connectivity index (χ1n) is 4.76. The van der Waals surface area contributed by atoms with Crippen LogP contribution in [0.1, 0.15) is 44.9 Å². The predicted octanol–water partition coefficient (Wildman–Crippen LogP) is 2.06. The summed E-state index contributed by atoms with van der Waals surface area (Å²) in [5, 5.41) is 4.41. The molecule has 2 saturated carbocycles. The Labute approximate surface area is 68.1 Å². The minimum absolute atomic E-state index is 0.726. The number of nitrogens with zero attached hydrogens (tertiary/aromatic N) is 1. The molecule has 0 aromatic carbocycles. The van der Waals surface area contributed by atoms with Crippen LogP contribution in [0.2, 0.25) is 0 Å². The van der Waals surface area contributed by atoms with E-state index in [4.69, 9.17) is 0 Å². The van der Waals surface area contributed by atoms with Crippen molar-refractivity contribution in [1.82, 2.24) is 5.43 Å². The molecule has 0 heterocycles. The highest BCUT2D eigenvalue weighted by atomic mass is 15.3. The van der Waals surface area contributed by atoms with Gasteiger partial charge in [0.1, 0.15) is 0 Å². The highest BCUT2D eigenvalue weighted by Crippen LogP contribution is 2.19. The molecule has 0 radical (unpaired) electrons. The van der Waals surface area contributed by atoms with Crippen molar-refractivity contribution in [2.24, 2.45) is 5.10 Å². The molecule has 2 aliphatic rings. The van der Waals surface area contributed by atoms with Crippen LogP contribution in [0, 0.1) is 0 Å². The van der Waals surface area contributed by atoms with Gasteiger partial charge in [0.2, 0.25) is 0 Å². The summed E-state index contributed by atoms with van der Waals surface area (Å²) < 4.78 is 0. The Hall–Kier alpha value is -0.530. The number of hydrazone groups is 1. The standard InChI is InChI=1S/C9H16N2/c1-2-4-8(5-3-1)10-11-9-6-7-9/h9,11H,1-7H2. The van der Waals surface area contributed by atoms with E-state index in [-0.39, 0.29) is 0 Å². The van der Waals surface area contributed by atoms with Crippen LogP contribution in [0.3, 0.4) is 0 Å². The number of rotatable bonds is 2. The smallest absolute Gasteiger partial charge is 0.0441 e. The van der Waals surface area contributed by atoms with Crippen LogP contribution in [0.4, 0.5) is 0 Å². The zero-order valence-corrected chi connectivity index (χ0v) is 6.97. The lowest BCUT2D eigenvalue weighted by Crippen LogP contribution is -2.14. The fourth-order valence-corrected chi connectivity index (χ4v) is 1.47. The van der Waals surface area contributed by atoms with Crippen molar-refractivity contribution in [2.45, 2.75) is 51.0 Å². The first kappa shape index (κ1) is 7.14. The van der Waals surface area contributed by atoms with Gasteiger partial charge >= 0.3 is 0 Å². The maximum atomic E-state index is 4.41. The Morgan fingerprint density at radius 1 is 1.09 bits per heavy atom. The summed E-state index contributed by atoms with van der Waals surface area (Å²) in [6, 6.07) is 0.726. The molecule has 2 aliphatic carbocycles. The molecule has 0 saturated heterocycles. The zero-order chi connectivity index (χ0) is 7.52. The van der Waals surface area contributed by atoms with Gasteiger partial charge in [-0.25, -0.2) is 0 Å². The van der Waals surface area contributed by atoms with Gasteiger partial charge < -0.3 is 5.43 Å². The first-order chi connectivity index (χ1) is 5.45. The van der Waals surface area contributed by atoms with Crippen molar-refractivity contribution in [3.63, 3.8) is 0 Å². The van der Waals surface area contributed by atoms with Gasteiger partial charge in [-0.2, -0.15) is 5.10 Å². The van der Waals surface area contributed by atoms with Gasteiger partial charge in [0.05, 0.1) is 0 Å². The van der Waals surface area contributed by atoms with E-state index in [1.165, 1.54) is 50.7 Å². The minimum atomic E-state index is 0.726. The lowest BCUT2D eigenvalue weighted by molar-refractivity contribution is 0.645. The lowest BCUT2D eigenvalue weighted by atomic mass is 9.99. The van der Waals surface area contributed by atoms with E-state index >= 15 is 0 Å². The molecule has 0 aromatic rings. The van der Waals surface area contributed by atoms with Gasteiger partial charge in [-0.3, -0.25) is 0 Å². The maximum Gasteiger partial charge on any atom is 0.0441 e. The van der Waals surface area contributed by atoms with E-state index in [1.807, 2.05) is 0 Å². The summed E-state index contributed by atoms with van der Waals surface area (Å²) in [6.45, 7) is 0. The molecule has 0 aromatic heterocycles.